The molecule has 2 aromatic rings. The molecule has 0 fully saturated rings. The van der Waals surface area contributed by atoms with E-state index in [-0.39, 0.29) is 12.6 Å². The van der Waals surface area contributed by atoms with Gasteiger partial charge in [-0.2, -0.15) is 0 Å². The van der Waals surface area contributed by atoms with Crippen LogP contribution in [0.2, 0.25) is 0 Å². The molecule has 0 saturated heterocycles. The Labute approximate surface area is 140 Å². The van der Waals surface area contributed by atoms with Crippen LogP contribution in [0.3, 0.4) is 0 Å². The third-order valence-corrected chi connectivity index (χ3v) is 4.00. The van der Waals surface area contributed by atoms with E-state index < -0.39 is 0 Å². The average molecular weight is 309 g/mol. The maximum atomic E-state index is 9.98. The molecule has 0 saturated carbocycles. The van der Waals surface area contributed by atoms with Crippen molar-refractivity contribution in [2.75, 3.05) is 13.2 Å². The van der Waals surface area contributed by atoms with E-state index in [9.17, 15) is 5.11 Å². The van der Waals surface area contributed by atoms with Crippen LogP contribution in [-0.4, -0.2) is 23.2 Å². The number of benzene rings is 2. The fraction of sp³-hybridized carbons (Fsp3) is 0.333. The van der Waals surface area contributed by atoms with Crippen molar-refractivity contribution < 1.29 is 5.11 Å². The topological polar surface area (TPSA) is 23.5 Å². The molecule has 0 heterocycles. The normalized spacial score (nSPS) is 12.2. The molecular weight excluding hydrogens is 282 g/mol. The summed E-state index contributed by atoms with van der Waals surface area (Å²) in [6, 6.07) is 20.8. The first kappa shape index (κ1) is 17.5. The van der Waals surface area contributed by atoms with Gasteiger partial charge in [0.05, 0.1) is 12.6 Å². The highest BCUT2D eigenvalue weighted by Gasteiger charge is 2.19. The molecule has 122 valence electrons. The molecule has 0 bridgehead atoms. The van der Waals surface area contributed by atoms with Crippen molar-refractivity contribution in [3.63, 3.8) is 0 Å². The van der Waals surface area contributed by atoms with E-state index >= 15 is 0 Å². The summed E-state index contributed by atoms with van der Waals surface area (Å²) in [7, 11) is 0. The molecule has 0 aliphatic carbocycles. The van der Waals surface area contributed by atoms with E-state index in [2.05, 4.69) is 61.2 Å². The molecule has 1 N–H and O–H groups in total. The second kappa shape index (κ2) is 9.29. The molecule has 0 radical (unpaired) electrons. The van der Waals surface area contributed by atoms with Gasteiger partial charge in [0.2, 0.25) is 0 Å². The van der Waals surface area contributed by atoms with E-state index in [0.717, 1.165) is 19.5 Å². The molecule has 0 aliphatic heterocycles. The van der Waals surface area contributed by atoms with Crippen LogP contribution in [0.1, 0.15) is 37.4 Å². The van der Waals surface area contributed by atoms with E-state index in [4.69, 9.17) is 0 Å². The molecule has 0 spiro atoms. The first-order valence-electron chi connectivity index (χ1n) is 8.28. The predicted octanol–water partition coefficient (Wildman–Crippen LogP) is 4.58. The lowest BCUT2D eigenvalue weighted by Gasteiger charge is -2.31. The number of nitrogens with zero attached hydrogens (tertiary/aromatic N) is 1. The summed E-state index contributed by atoms with van der Waals surface area (Å²) >= 11 is 0. The highest BCUT2D eigenvalue weighted by Crippen LogP contribution is 2.23. The van der Waals surface area contributed by atoms with Crippen LogP contribution in [0.15, 0.2) is 72.3 Å². The Hall–Kier alpha value is -1.90. The minimum atomic E-state index is 0.0296. The largest absolute Gasteiger partial charge is 0.394 e. The van der Waals surface area contributed by atoms with Crippen LogP contribution in [0, 0.1) is 0 Å². The number of aliphatic hydroxyl groups excluding tert-OH is 1. The van der Waals surface area contributed by atoms with Crippen molar-refractivity contribution in [2.45, 2.75) is 32.9 Å². The van der Waals surface area contributed by atoms with E-state index in [1.54, 1.807) is 0 Å². The highest BCUT2D eigenvalue weighted by molar-refractivity contribution is 5.20. The van der Waals surface area contributed by atoms with Crippen LogP contribution >= 0.6 is 0 Å². The minimum Gasteiger partial charge on any atom is -0.394 e. The summed E-state index contributed by atoms with van der Waals surface area (Å²) in [6.45, 7) is 6.16. The van der Waals surface area contributed by atoms with E-state index in [0.29, 0.717) is 0 Å². The predicted molar refractivity (Wildman–Crippen MR) is 97.2 cm³/mol. The lowest BCUT2D eigenvalue weighted by Crippen LogP contribution is -2.31. The Balaban J connectivity index is 2.18. The maximum absolute atomic E-state index is 9.98. The number of allylic oxidation sites excluding steroid dienone is 1. The van der Waals surface area contributed by atoms with E-state index in [1.807, 2.05) is 24.3 Å². The van der Waals surface area contributed by atoms with Gasteiger partial charge in [-0.15, -0.1) is 0 Å². The lowest BCUT2D eigenvalue weighted by molar-refractivity contribution is 0.118. The van der Waals surface area contributed by atoms with E-state index in [1.165, 1.54) is 16.7 Å². The SMILES string of the molecule is CC(C)=CCCN(Cc1ccccc1)[C@H](CO)c1ccccc1. The van der Waals surface area contributed by atoms with Gasteiger partial charge in [0, 0.05) is 13.1 Å². The van der Waals surface area contributed by atoms with Crippen LogP contribution in [0.4, 0.5) is 0 Å². The fourth-order valence-corrected chi connectivity index (χ4v) is 2.79. The third-order valence-electron chi connectivity index (χ3n) is 4.00. The molecule has 0 aliphatic rings. The summed E-state index contributed by atoms with van der Waals surface area (Å²) in [6.07, 6.45) is 3.26. The summed E-state index contributed by atoms with van der Waals surface area (Å²) in [5.41, 5.74) is 3.78. The lowest BCUT2D eigenvalue weighted by atomic mass is 10.0. The Bertz CT molecular complexity index is 588. The molecular formula is C21H27NO. The van der Waals surface area contributed by atoms with Crippen molar-refractivity contribution in [2.24, 2.45) is 0 Å². The molecule has 2 heteroatoms. The zero-order valence-electron chi connectivity index (χ0n) is 14.2. The Morgan fingerprint density at radius 1 is 1.00 bits per heavy atom. The van der Waals surface area contributed by atoms with Crippen molar-refractivity contribution in [1.82, 2.24) is 4.90 Å². The molecule has 23 heavy (non-hydrogen) atoms. The van der Waals surface area contributed by atoms with Gasteiger partial charge in [0.15, 0.2) is 0 Å². The van der Waals surface area contributed by atoms with Gasteiger partial charge < -0.3 is 5.11 Å². The second-order valence-corrected chi connectivity index (χ2v) is 6.14. The monoisotopic (exact) mass is 309 g/mol. The standard InChI is InChI=1S/C21H27NO/c1-18(2)10-9-15-22(16-19-11-5-3-6-12-19)21(17-23)20-13-7-4-8-14-20/h3-8,10-14,21,23H,9,15-17H2,1-2H3/t21-/m1/s1. The van der Waals surface area contributed by atoms with Crippen LogP contribution in [-0.2, 0) is 6.54 Å². The van der Waals surface area contributed by atoms with Gasteiger partial charge in [-0.3, -0.25) is 4.90 Å². The fourth-order valence-electron chi connectivity index (χ4n) is 2.79. The van der Waals surface area contributed by atoms with Gasteiger partial charge in [-0.25, -0.2) is 0 Å². The van der Waals surface area contributed by atoms with Crippen molar-refractivity contribution >= 4 is 0 Å². The van der Waals surface area contributed by atoms with Gasteiger partial charge in [-0.05, 0) is 31.4 Å². The molecule has 1 atom stereocenters. The summed E-state index contributed by atoms with van der Waals surface area (Å²) < 4.78 is 0. The van der Waals surface area contributed by atoms with Gasteiger partial charge in [0.25, 0.3) is 0 Å². The molecule has 0 aromatic heterocycles. The maximum Gasteiger partial charge on any atom is 0.0628 e. The highest BCUT2D eigenvalue weighted by atomic mass is 16.3. The number of hydrogen-bond acceptors (Lipinski definition) is 2. The molecule has 2 nitrogen and oxygen atoms in total. The zero-order valence-corrected chi connectivity index (χ0v) is 14.2. The molecule has 0 unspecified atom stereocenters. The molecule has 0 amide bonds. The van der Waals surface area contributed by atoms with Gasteiger partial charge in [0.1, 0.15) is 0 Å². The van der Waals surface area contributed by atoms with Crippen molar-refractivity contribution in [1.29, 1.82) is 0 Å². The quantitative estimate of drug-likeness (QED) is 0.722. The number of hydrogen-bond donors (Lipinski definition) is 1. The smallest absolute Gasteiger partial charge is 0.0628 e. The summed E-state index contributed by atoms with van der Waals surface area (Å²) in [5, 5.41) is 9.98. The van der Waals surface area contributed by atoms with Crippen LogP contribution < -0.4 is 0 Å². The summed E-state index contributed by atoms with van der Waals surface area (Å²) in [5.74, 6) is 0. The summed E-state index contributed by atoms with van der Waals surface area (Å²) in [4.78, 5) is 2.37. The zero-order chi connectivity index (χ0) is 16.5. The molecule has 2 aromatic carbocycles. The minimum absolute atomic E-state index is 0.0296. The first-order valence-corrected chi connectivity index (χ1v) is 8.28. The third kappa shape index (κ3) is 5.66. The van der Waals surface area contributed by atoms with Gasteiger partial charge in [-0.1, -0.05) is 72.3 Å². The average Bonchev–Trinajstić information content (AvgIpc) is 2.57. The van der Waals surface area contributed by atoms with Crippen LogP contribution in [0.25, 0.3) is 0 Å². The number of aliphatic hydroxyl groups is 1. The Morgan fingerprint density at radius 2 is 1.61 bits per heavy atom. The second-order valence-electron chi connectivity index (χ2n) is 6.14. The molecule has 2 rings (SSSR count). The Morgan fingerprint density at radius 3 is 2.17 bits per heavy atom. The number of rotatable bonds is 8. The Kier molecular flexibility index (Phi) is 7.05. The van der Waals surface area contributed by atoms with Crippen molar-refractivity contribution in [3.05, 3.63) is 83.4 Å². The first-order chi connectivity index (χ1) is 11.2. The van der Waals surface area contributed by atoms with Crippen molar-refractivity contribution in [3.8, 4) is 0 Å². The van der Waals surface area contributed by atoms with Crippen LogP contribution in [0.5, 0.6) is 0 Å². The van der Waals surface area contributed by atoms with Gasteiger partial charge >= 0.3 is 0 Å².